The van der Waals surface area contributed by atoms with Crippen LogP contribution in [0.1, 0.15) is 192 Å². The maximum Gasteiger partial charge on any atom is 0.247 e. The van der Waals surface area contributed by atoms with Gasteiger partial charge in [0.25, 0.3) is 0 Å². The maximum atomic E-state index is 14.7. The van der Waals surface area contributed by atoms with E-state index in [9.17, 15) is 83.7 Å². The molecule has 0 bridgehead atoms. The van der Waals surface area contributed by atoms with Crippen molar-refractivity contribution in [1.82, 2.24) is 46.2 Å². The van der Waals surface area contributed by atoms with Gasteiger partial charge in [0.15, 0.2) is 0 Å². The summed E-state index contributed by atoms with van der Waals surface area (Å²) < 4.78 is 5.22. The third-order valence-corrected chi connectivity index (χ3v) is 18.9. The van der Waals surface area contributed by atoms with Crippen LogP contribution in [0.4, 0.5) is 0 Å². The van der Waals surface area contributed by atoms with Crippen molar-refractivity contribution < 1.29 is 88.4 Å². The van der Waals surface area contributed by atoms with Gasteiger partial charge >= 0.3 is 0 Å². The lowest BCUT2D eigenvalue weighted by Gasteiger charge is -2.38. The van der Waals surface area contributed by atoms with Crippen molar-refractivity contribution >= 4 is 59.1 Å². The molecule has 586 valence electrons. The van der Waals surface area contributed by atoms with Gasteiger partial charge in [-0.3, -0.25) is 47.9 Å². The first kappa shape index (κ1) is 93.5. The molecule has 0 aliphatic rings. The fourth-order valence-corrected chi connectivity index (χ4v) is 13.5. The Labute approximate surface area is 607 Å². The maximum absolute atomic E-state index is 14.7. The number of likely N-dealkylation sites (N-methyl/N-ethyl adjacent to an activating group) is 4. The zero-order valence-corrected chi connectivity index (χ0v) is 64.6. The quantitative estimate of drug-likeness (QED) is 0.0446. The Morgan fingerprint density at radius 2 is 0.882 bits per heavy atom. The number of amides is 10. The normalized spacial score (nSPS) is 16.8. The zero-order chi connectivity index (χ0) is 78.2. The number of benzene rings is 1. The average molecular weight is 1450 g/mol. The number of carbonyl (C=O) groups excluding carboxylic acids is 10. The average Bonchev–Trinajstić information content (AvgIpc) is 0.821. The van der Waals surface area contributed by atoms with E-state index in [0.717, 1.165) is 26.7 Å². The Kier molecular flexibility index (Phi) is 43.1. The second-order valence-electron chi connectivity index (χ2n) is 30.2. The SMILES string of the molecule is CCCC(O)CC(C)CC(O)CC(C)CC(O)CC(C)CC(O)CC(=O)N[C@@H](CC(C)C)C(=O)N(C)[C@H](C(=O)N[C@@H](CO)C(=O)N[C@@H](CC(C)C)C(=O)N(C)[C@H](C(=O)N[C@@H](CO)C(=O)N(C)[C@H](C(=O)N(C)[C@@H](CCC(N)=O)C(=O)NC(CO)Cc1ccc(OC)cc1)C(C)C)C(C)C)[C@@H](C)CC. The molecule has 14 N–H and O–H groups in total. The zero-order valence-electron chi connectivity index (χ0n) is 64.6. The molecule has 8 unspecified atom stereocenters. The molecule has 0 aliphatic heterocycles. The van der Waals surface area contributed by atoms with Crippen molar-refractivity contribution in [3.63, 3.8) is 0 Å². The number of primary amides is 1. The number of nitrogens with zero attached hydrogens (tertiary/aromatic N) is 4. The van der Waals surface area contributed by atoms with Gasteiger partial charge in [-0.25, -0.2) is 0 Å². The van der Waals surface area contributed by atoms with Crippen LogP contribution in [0, 0.1) is 47.3 Å². The fraction of sp³-hybridized carbons (Fsp3) is 0.784. The lowest BCUT2D eigenvalue weighted by atomic mass is 9.87. The van der Waals surface area contributed by atoms with Crippen LogP contribution < -0.4 is 37.1 Å². The van der Waals surface area contributed by atoms with Gasteiger partial charge in [-0.05, 0) is 136 Å². The van der Waals surface area contributed by atoms with Crippen molar-refractivity contribution in [2.75, 3.05) is 55.1 Å². The van der Waals surface area contributed by atoms with Gasteiger partial charge in [0.05, 0.1) is 63.8 Å². The van der Waals surface area contributed by atoms with Gasteiger partial charge in [0.2, 0.25) is 59.1 Å². The molecule has 0 spiro atoms. The molecular formula is C74H132N10O18. The van der Waals surface area contributed by atoms with E-state index < -0.39 is 175 Å². The first-order valence-electron chi connectivity index (χ1n) is 36.7. The predicted molar refractivity (Wildman–Crippen MR) is 389 cm³/mol. The summed E-state index contributed by atoms with van der Waals surface area (Å²) in [5.41, 5.74) is 6.24. The van der Waals surface area contributed by atoms with Crippen LogP contribution in [0.3, 0.4) is 0 Å². The second kappa shape index (κ2) is 47.0. The summed E-state index contributed by atoms with van der Waals surface area (Å²) in [5.74, 6) is -9.54. The summed E-state index contributed by atoms with van der Waals surface area (Å²) in [6, 6.07) is -4.96. The summed E-state index contributed by atoms with van der Waals surface area (Å²) in [6.07, 6.45) is 1.23. The van der Waals surface area contributed by atoms with Crippen molar-refractivity contribution in [3.05, 3.63) is 29.8 Å². The van der Waals surface area contributed by atoms with E-state index in [4.69, 9.17) is 10.5 Å². The van der Waals surface area contributed by atoms with Crippen LogP contribution in [0.15, 0.2) is 24.3 Å². The third-order valence-electron chi connectivity index (χ3n) is 18.9. The summed E-state index contributed by atoms with van der Waals surface area (Å²) in [5, 5.41) is 87.9. The Balaban J connectivity index is 3.33. The molecule has 1 rings (SSSR count). The number of nitrogens with one attached hydrogen (secondary N) is 5. The molecule has 28 heteroatoms. The number of hydrogen-bond acceptors (Lipinski definition) is 18. The van der Waals surface area contributed by atoms with Crippen molar-refractivity contribution in [2.24, 2.45) is 53.1 Å². The molecule has 0 heterocycles. The Morgan fingerprint density at radius 3 is 1.31 bits per heavy atom. The van der Waals surface area contributed by atoms with E-state index in [0.29, 0.717) is 50.7 Å². The minimum Gasteiger partial charge on any atom is -0.497 e. The molecule has 1 aromatic rings. The Bertz CT molecular complexity index is 2740. The number of carbonyl (C=O) groups is 10. The monoisotopic (exact) mass is 1450 g/mol. The van der Waals surface area contributed by atoms with Crippen LogP contribution in [0.2, 0.25) is 0 Å². The summed E-state index contributed by atoms with van der Waals surface area (Å²) in [7, 11) is 6.82. The minimum atomic E-state index is -1.69. The van der Waals surface area contributed by atoms with Crippen LogP contribution in [-0.2, 0) is 54.4 Å². The van der Waals surface area contributed by atoms with Crippen molar-refractivity contribution in [3.8, 4) is 5.75 Å². The lowest BCUT2D eigenvalue weighted by Crippen LogP contribution is -2.63. The molecular weight excluding hydrogens is 1320 g/mol. The summed E-state index contributed by atoms with van der Waals surface area (Å²) in [6.45, 7) is 22.7. The molecule has 0 saturated carbocycles. The highest BCUT2D eigenvalue weighted by Gasteiger charge is 2.43. The van der Waals surface area contributed by atoms with E-state index in [-0.39, 0.29) is 74.5 Å². The number of ether oxygens (including phenoxy) is 1. The Hall–Kier alpha value is -6.56. The van der Waals surface area contributed by atoms with Crippen molar-refractivity contribution in [1.29, 1.82) is 0 Å². The van der Waals surface area contributed by atoms with Crippen LogP contribution >= 0.6 is 0 Å². The minimum absolute atomic E-state index is 0.000124. The molecule has 10 amide bonds. The molecule has 0 fully saturated rings. The molecule has 0 radical (unpaired) electrons. The van der Waals surface area contributed by atoms with Gasteiger partial charge in [-0.15, -0.1) is 0 Å². The topological polar surface area (TPSA) is 421 Å². The third kappa shape index (κ3) is 32.2. The van der Waals surface area contributed by atoms with Crippen LogP contribution in [0.25, 0.3) is 0 Å². The van der Waals surface area contributed by atoms with Gasteiger partial charge in [0, 0.05) is 34.6 Å². The van der Waals surface area contributed by atoms with Crippen LogP contribution in [-0.4, -0.2) is 248 Å². The number of rotatable bonds is 50. The summed E-state index contributed by atoms with van der Waals surface area (Å²) >= 11 is 0. The van der Waals surface area contributed by atoms with Gasteiger partial charge in [0.1, 0.15) is 54.1 Å². The van der Waals surface area contributed by atoms with Gasteiger partial charge < -0.3 is 92.4 Å². The number of aliphatic hydroxyl groups excluding tert-OH is 7. The molecule has 28 nitrogen and oxygen atoms in total. The lowest BCUT2D eigenvalue weighted by molar-refractivity contribution is -0.151. The van der Waals surface area contributed by atoms with E-state index in [1.54, 1.807) is 79.7 Å². The highest BCUT2D eigenvalue weighted by atomic mass is 16.5. The molecule has 1 aromatic carbocycles. The van der Waals surface area contributed by atoms with Crippen LogP contribution in [0.5, 0.6) is 5.75 Å². The Morgan fingerprint density at radius 1 is 0.461 bits per heavy atom. The largest absolute Gasteiger partial charge is 0.497 e. The predicted octanol–water partition coefficient (Wildman–Crippen LogP) is 2.55. The molecule has 17 atom stereocenters. The first-order valence-corrected chi connectivity index (χ1v) is 36.7. The fourth-order valence-electron chi connectivity index (χ4n) is 13.5. The molecule has 0 aliphatic carbocycles. The van der Waals surface area contributed by atoms with Gasteiger partial charge in [-0.2, -0.15) is 0 Å². The van der Waals surface area contributed by atoms with Crippen molar-refractivity contribution in [2.45, 2.75) is 272 Å². The second-order valence-corrected chi connectivity index (χ2v) is 30.2. The number of methoxy groups -OCH3 is 1. The number of hydrogen-bond donors (Lipinski definition) is 13. The smallest absolute Gasteiger partial charge is 0.247 e. The summed E-state index contributed by atoms with van der Waals surface area (Å²) in [4.78, 5) is 145. The first-order chi connectivity index (χ1) is 47.6. The van der Waals surface area contributed by atoms with E-state index >= 15 is 0 Å². The highest BCUT2D eigenvalue weighted by Crippen LogP contribution is 2.26. The molecule has 0 saturated heterocycles. The number of nitrogens with two attached hydrogens (primary N) is 1. The standard InChI is InChI=1S/C74H132N10O18/c1-20-22-52(88)31-46(11)32-53(89)33-47(12)34-54(90)35-48(13)36-55(91)38-63(93)77-57(29-42(3)4)71(98)84(18)66(49(14)21-2)70(97)79-59(40-86)67(94)78-58(30-43(5)6)72(99)82(16)64(44(7)8)69(96)80-60(41-87)73(100)83(17)65(45(9)10)74(101)81(15)61(27-28-62(75)92)68(95)76-51(39-85)37-50-23-25-56(102-19)26-24-50/h23-26,42-49,51-55,57-61,64-66,85-91H,20-22,27-41H2,1-19H3,(H2,75,92)(H,76,95)(H,77,93)(H,78,94)(H,79,97)(H,80,96)/t46?,47?,48?,49-,51?,52?,53?,54?,55?,57-,58-,59-,60-,61-,64-,65-,66-/m0/s1. The highest BCUT2D eigenvalue weighted by molar-refractivity contribution is 5.98. The van der Waals surface area contributed by atoms with E-state index in [1.807, 2.05) is 41.5 Å². The molecule has 0 aromatic heterocycles. The molecule has 102 heavy (non-hydrogen) atoms. The van der Waals surface area contributed by atoms with E-state index in [1.165, 1.54) is 40.2 Å². The number of aliphatic hydroxyl groups is 7. The van der Waals surface area contributed by atoms with Gasteiger partial charge in [-0.1, -0.05) is 122 Å². The van der Waals surface area contributed by atoms with E-state index in [2.05, 4.69) is 26.6 Å².